The van der Waals surface area contributed by atoms with Crippen molar-refractivity contribution >= 4 is 44.2 Å². The summed E-state index contributed by atoms with van der Waals surface area (Å²) >= 11 is 7.78. The molecule has 0 aliphatic rings. The average molecular weight is 484 g/mol. The highest BCUT2D eigenvalue weighted by Crippen LogP contribution is 2.36. The van der Waals surface area contributed by atoms with Crippen LogP contribution in [0.2, 0.25) is 5.02 Å². The minimum atomic E-state index is -0.462. The lowest BCUT2D eigenvalue weighted by atomic mass is 9.90. The van der Waals surface area contributed by atoms with Crippen molar-refractivity contribution < 1.29 is 4.79 Å². The van der Waals surface area contributed by atoms with E-state index in [0.717, 1.165) is 32.5 Å². The first-order valence-corrected chi connectivity index (χ1v) is 12.2. The Morgan fingerprint density at radius 2 is 1.65 bits per heavy atom. The Labute approximate surface area is 207 Å². The molecule has 5 aromatic rings. The monoisotopic (exact) mass is 483 g/mol. The van der Waals surface area contributed by atoms with Crippen LogP contribution in [-0.2, 0) is 11.3 Å². The Morgan fingerprint density at radius 3 is 2.26 bits per heavy atom. The smallest absolute Gasteiger partial charge is 0.241 e. The zero-order valence-corrected chi connectivity index (χ0v) is 20.1. The van der Waals surface area contributed by atoms with E-state index in [2.05, 4.69) is 4.98 Å². The first-order chi connectivity index (χ1) is 16.6. The number of halogens is 1. The van der Waals surface area contributed by atoms with E-state index in [1.807, 2.05) is 91.9 Å². The number of aryl methyl sites for hydroxylation is 1. The van der Waals surface area contributed by atoms with E-state index in [0.29, 0.717) is 16.7 Å². The van der Waals surface area contributed by atoms with Gasteiger partial charge in [-0.25, -0.2) is 4.98 Å². The molecule has 0 radical (unpaired) electrons. The van der Waals surface area contributed by atoms with Crippen molar-refractivity contribution in [2.75, 3.05) is 4.90 Å². The molecule has 0 aliphatic heterocycles. The fraction of sp³-hybridized carbons (Fsp3) is 0.107. The van der Waals surface area contributed by atoms with E-state index < -0.39 is 5.92 Å². The molecule has 0 spiro atoms. The molecule has 2 heterocycles. The van der Waals surface area contributed by atoms with Gasteiger partial charge in [0.25, 0.3) is 0 Å². The van der Waals surface area contributed by atoms with Crippen LogP contribution in [0.4, 0.5) is 5.13 Å². The second kappa shape index (κ2) is 9.75. The maximum Gasteiger partial charge on any atom is 0.241 e. The van der Waals surface area contributed by atoms with Crippen molar-refractivity contribution in [3.8, 4) is 0 Å². The number of nitrogens with zero attached hydrogens (tertiary/aromatic N) is 3. The zero-order chi connectivity index (χ0) is 23.5. The van der Waals surface area contributed by atoms with Crippen LogP contribution in [0.3, 0.4) is 0 Å². The molecule has 168 valence electrons. The van der Waals surface area contributed by atoms with Crippen LogP contribution in [0.15, 0.2) is 97.3 Å². The molecule has 0 fully saturated rings. The molecular weight excluding hydrogens is 462 g/mol. The molecular formula is C28H22ClN3OS. The predicted molar refractivity (Wildman–Crippen MR) is 140 cm³/mol. The Morgan fingerprint density at radius 1 is 0.971 bits per heavy atom. The molecule has 3 aromatic carbocycles. The van der Waals surface area contributed by atoms with Gasteiger partial charge >= 0.3 is 0 Å². The zero-order valence-electron chi connectivity index (χ0n) is 18.6. The van der Waals surface area contributed by atoms with Gasteiger partial charge in [0.05, 0.1) is 22.7 Å². The molecule has 0 unspecified atom stereocenters. The third kappa shape index (κ3) is 4.58. The number of fused-ring (bicyclic) bond motifs is 1. The number of rotatable bonds is 6. The van der Waals surface area contributed by atoms with E-state index in [4.69, 9.17) is 16.6 Å². The van der Waals surface area contributed by atoms with Gasteiger partial charge in [-0.3, -0.25) is 14.7 Å². The van der Waals surface area contributed by atoms with Crippen LogP contribution in [0.25, 0.3) is 10.2 Å². The quantitative estimate of drug-likeness (QED) is 0.261. The Balaban J connectivity index is 1.64. The van der Waals surface area contributed by atoms with Gasteiger partial charge in [-0.1, -0.05) is 89.7 Å². The van der Waals surface area contributed by atoms with E-state index in [1.165, 1.54) is 11.3 Å². The van der Waals surface area contributed by atoms with Crippen LogP contribution in [0.1, 0.15) is 28.2 Å². The van der Waals surface area contributed by atoms with Gasteiger partial charge in [0.1, 0.15) is 0 Å². The number of amides is 1. The van der Waals surface area contributed by atoms with Crippen LogP contribution < -0.4 is 4.90 Å². The number of carbonyl (C=O) groups excluding carboxylic acids is 1. The predicted octanol–water partition coefficient (Wildman–Crippen LogP) is 7.02. The summed E-state index contributed by atoms with van der Waals surface area (Å²) in [5.41, 5.74) is 4.67. The molecule has 0 bridgehead atoms. The number of benzene rings is 3. The summed E-state index contributed by atoms with van der Waals surface area (Å²) in [5.74, 6) is -0.500. The molecule has 0 saturated carbocycles. The van der Waals surface area contributed by atoms with Crippen molar-refractivity contribution in [3.63, 3.8) is 0 Å². The SMILES string of the molecule is Cc1cc(Cl)cc2sc(N(Cc3cccnc3)C(=O)C(c3ccccc3)c3ccccc3)nc12. The van der Waals surface area contributed by atoms with Gasteiger partial charge in [-0.15, -0.1) is 0 Å². The van der Waals surface area contributed by atoms with Crippen LogP contribution in [0, 0.1) is 6.92 Å². The van der Waals surface area contributed by atoms with E-state index in [-0.39, 0.29) is 5.91 Å². The number of thiazole rings is 1. The summed E-state index contributed by atoms with van der Waals surface area (Å²) in [5, 5.41) is 1.31. The highest BCUT2D eigenvalue weighted by atomic mass is 35.5. The third-order valence-electron chi connectivity index (χ3n) is 5.71. The summed E-state index contributed by atoms with van der Waals surface area (Å²) in [6, 6.07) is 27.4. The van der Waals surface area contributed by atoms with Crippen molar-refractivity contribution in [1.82, 2.24) is 9.97 Å². The molecule has 4 nitrogen and oxygen atoms in total. The second-order valence-corrected chi connectivity index (χ2v) is 9.55. The molecule has 2 aromatic heterocycles. The van der Waals surface area contributed by atoms with Crippen molar-refractivity contribution in [2.24, 2.45) is 0 Å². The van der Waals surface area contributed by atoms with Gasteiger partial charge in [0, 0.05) is 17.4 Å². The summed E-state index contributed by atoms with van der Waals surface area (Å²) in [4.78, 5) is 25.2. The van der Waals surface area contributed by atoms with Crippen molar-refractivity contribution in [2.45, 2.75) is 19.4 Å². The molecule has 0 atom stereocenters. The molecule has 0 aliphatic carbocycles. The molecule has 1 amide bonds. The van der Waals surface area contributed by atoms with Gasteiger partial charge in [-0.2, -0.15) is 0 Å². The van der Waals surface area contributed by atoms with Crippen molar-refractivity contribution in [3.05, 3.63) is 125 Å². The lowest BCUT2D eigenvalue weighted by Crippen LogP contribution is -2.35. The standard InChI is InChI=1S/C28H22ClN3OS/c1-19-15-23(29)16-24-26(19)31-28(34-24)32(18-20-9-8-14-30-17-20)27(33)25(21-10-4-2-5-11-21)22-12-6-3-7-13-22/h2-17,25H,18H2,1H3. The first-order valence-electron chi connectivity index (χ1n) is 11.0. The molecule has 6 heteroatoms. The number of hydrogen-bond donors (Lipinski definition) is 0. The number of anilines is 1. The number of pyridine rings is 1. The number of aromatic nitrogens is 2. The highest BCUT2D eigenvalue weighted by molar-refractivity contribution is 7.22. The van der Waals surface area contributed by atoms with Crippen LogP contribution in [-0.4, -0.2) is 15.9 Å². The fourth-order valence-corrected chi connectivity index (χ4v) is 5.52. The van der Waals surface area contributed by atoms with Gasteiger partial charge in [0.15, 0.2) is 5.13 Å². The Bertz CT molecular complexity index is 1380. The molecule has 34 heavy (non-hydrogen) atoms. The maximum atomic E-state index is 14.3. The Hall–Kier alpha value is -3.54. The van der Waals surface area contributed by atoms with Gasteiger partial charge in [0.2, 0.25) is 5.91 Å². The Kier molecular flexibility index (Phi) is 6.39. The fourth-order valence-electron chi connectivity index (χ4n) is 4.10. The van der Waals surface area contributed by atoms with E-state index >= 15 is 0 Å². The lowest BCUT2D eigenvalue weighted by Gasteiger charge is -2.26. The van der Waals surface area contributed by atoms with Crippen LogP contribution >= 0.6 is 22.9 Å². The minimum Gasteiger partial charge on any atom is -0.283 e. The summed E-state index contributed by atoms with van der Waals surface area (Å²) in [7, 11) is 0. The summed E-state index contributed by atoms with van der Waals surface area (Å²) < 4.78 is 0.958. The largest absolute Gasteiger partial charge is 0.283 e. The summed E-state index contributed by atoms with van der Waals surface area (Å²) in [6.45, 7) is 2.36. The minimum absolute atomic E-state index is 0.0379. The van der Waals surface area contributed by atoms with E-state index in [9.17, 15) is 4.79 Å². The van der Waals surface area contributed by atoms with Gasteiger partial charge < -0.3 is 0 Å². The lowest BCUT2D eigenvalue weighted by molar-refractivity contribution is -0.119. The maximum absolute atomic E-state index is 14.3. The second-order valence-electron chi connectivity index (χ2n) is 8.11. The molecule has 0 saturated heterocycles. The van der Waals surface area contributed by atoms with E-state index in [1.54, 1.807) is 17.3 Å². The summed E-state index contributed by atoms with van der Waals surface area (Å²) in [6.07, 6.45) is 3.52. The molecule has 0 N–H and O–H groups in total. The topological polar surface area (TPSA) is 46.1 Å². The first kappa shape index (κ1) is 22.3. The normalized spacial score (nSPS) is 11.1. The molecule has 5 rings (SSSR count). The average Bonchev–Trinajstić information content (AvgIpc) is 3.29. The number of carbonyl (C=O) groups is 1. The van der Waals surface area contributed by atoms with Crippen molar-refractivity contribution in [1.29, 1.82) is 0 Å². The van der Waals surface area contributed by atoms with Gasteiger partial charge in [-0.05, 0) is 47.4 Å². The highest BCUT2D eigenvalue weighted by Gasteiger charge is 2.30. The third-order valence-corrected chi connectivity index (χ3v) is 6.96. The van der Waals surface area contributed by atoms with Crippen LogP contribution in [0.5, 0.6) is 0 Å². The number of hydrogen-bond acceptors (Lipinski definition) is 4.